The molecule has 0 aromatic heterocycles. The third-order valence-corrected chi connectivity index (χ3v) is 3.74. The van der Waals surface area contributed by atoms with Gasteiger partial charge in [0, 0.05) is 10.4 Å². The maximum atomic E-state index is 13.3. The smallest absolute Gasteiger partial charge is 0.123 e. The number of benzene rings is 2. The van der Waals surface area contributed by atoms with Gasteiger partial charge >= 0.3 is 0 Å². The van der Waals surface area contributed by atoms with Crippen LogP contribution >= 0.6 is 15.9 Å². The predicted molar refractivity (Wildman–Crippen MR) is 80.6 cm³/mol. The van der Waals surface area contributed by atoms with Crippen molar-refractivity contribution < 1.29 is 14.2 Å². The Morgan fingerprint density at radius 2 is 2.05 bits per heavy atom. The Kier molecular flexibility index (Phi) is 5.15. The standard InChI is InChI=1S/C16H16BrFO2/c1-20-16-6-5-14(17)8-12(16)7-13(10-19)11-3-2-4-15(18)9-11/h2-6,8-9,13,19H,7,10H2,1H3. The predicted octanol–water partition coefficient (Wildman–Crippen LogP) is 3.92. The van der Waals surface area contributed by atoms with Crippen LogP contribution in [0.5, 0.6) is 5.75 Å². The lowest BCUT2D eigenvalue weighted by Gasteiger charge is -2.17. The van der Waals surface area contributed by atoms with Gasteiger partial charge in [0.2, 0.25) is 0 Å². The van der Waals surface area contributed by atoms with E-state index in [1.807, 2.05) is 24.3 Å². The van der Waals surface area contributed by atoms with Crippen molar-refractivity contribution in [2.75, 3.05) is 13.7 Å². The molecule has 0 aliphatic heterocycles. The second-order valence-corrected chi connectivity index (χ2v) is 5.51. The summed E-state index contributed by atoms with van der Waals surface area (Å²) < 4.78 is 19.6. The van der Waals surface area contributed by atoms with Crippen LogP contribution in [0.25, 0.3) is 0 Å². The minimum atomic E-state index is -0.290. The molecule has 4 heteroatoms. The van der Waals surface area contributed by atoms with E-state index in [2.05, 4.69) is 15.9 Å². The Morgan fingerprint density at radius 1 is 1.25 bits per heavy atom. The number of aliphatic hydroxyl groups is 1. The number of hydrogen-bond acceptors (Lipinski definition) is 2. The average Bonchev–Trinajstić information content (AvgIpc) is 2.45. The molecule has 0 aliphatic rings. The number of methoxy groups -OCH3 is 1. The fourth-order valence-corrected chi connectivity index (χ4v) is 2.63. The van der Waals surface area contributed by atoms with Crippen LogP contribution < -0.4 is 4.74 Å². The van der Waals surface area contributed by atoms with Gasteiger partial charge in [-0.2, -0.15) is 0 Å². The van der Waals surface area contributed by atoms with Gasteiger partial charge in [-0.15, -0.1) is 0 Å². The van der Waals surface area contributed by atoms with Gasteiger partial charge in [0.15, 0.2) is 0 Å². The molecule has 20 heavy (non-hydrogen) atoms. The van der Waals surface area contributed by atoms with Crippen molar-refractivity contribution in [2.45, 2.75) is 12.3 Å². The van der Waals surface area contributed by atoms with E-state index in [1.54, 1.807) is 13.2 Å². The first-order chi connectivity index (χ1) is 9.63. The molecule has 2 aromatic carbocycles. The van der Waals surface area contributed by atoms with Gasteiger partial charge in [0.25, 0.3) is 0 Å². The summed E-state index contributed by atoms with van der Waals surface area (Å²) in [4.78, 5) is 0. The van der Waals surface area contributed by atoms with Crippen molar-refractivity contribution in [1.29, 1.82) is 0 Å². The van der Waals surface area contributed by atoms with Crippen LogP contribution in [-0.4, -0.2) is 18.8 Å². The van der Waals surface area contributed by atoms with Crippen LogP contribution in [0.2, 0.25) is 0 Å². The molecule has 2 nitrogen and oxygen atoms in total. The van der Waals surface area contributed by atoms with E-state index in [0.717, 1.165) is 21.3 Å². The molecule has 0 bridgehead atoms. The number of ether oxygens (including phenoxy) is 1. The highest BCUT2D eigenvalue weighted by atomic mass is 79.9. The molecule has 0 aliphatic carbocycles. The molecule has 0 saturated heterocycles. The summed E-state index contributed by atoms with van der Waals surface area (Å²) in [6, 6.07) is 12.1. The second kappa shape index (κ2) is 6.86. The highest BCUT2D eigenvalue weighted by Crippen LogP contribution is 2.29. The van der Waals surface area contributed by atoms with Crippen LogP contribution in [0.1, 0.15) is 17.0 Å². The first-order valence-electron chi connectivity index (χ1n) is 6.32. The lowest BCUT2D eigenvalue weighted by molar-refractivity contribution is 0.263. The SMILES string of the molecule is COc1ccc(Br)cc1CC(CO)c1cccc(F)c1. The van der Waals surface area contributed by atoms with E-state index in [-0.39, 0.29) is 18.3 Å². The van der Waals surface area contributed by atoms with Crippen LogP contribution in [0.3, 0.4) is 0 Å². The van der Waals surface area contributed by atoms with E-state index < -0.39 is 0 Å². The number of aliphatic hydroxyl groups excluding tert-OH is 1. The fraction of sp³-hybridized carbons (Fsp3) is 0.250. The van der Waals surface area contributed by atoms with Crippen molar-refractivity contribution in [3.63, 3.8) is 0 Å². The van der Waals surface area contributed by atoms with Gasteiger partial charge in [0.1, 0.15) is 11.6 Å². The fourth-order valence-electron chi connectivity index (χ4n) is 2.22. The minimum absolute atomic E-state index is 0.0425. The van der Waals surface area contributed by atoms with Crippen molar-refractivity contribution >= 4 is 15.9 Å². The Bertz CT molecular complexity index is 586. The van der Waals surface area contributed by atoms with Gasteiger partial charge in [0.05, 0.1) is 13.7 Å². The largest absolute Gasteiger partial charge is 0.496 e. The summed E-state index contributed by atoms with van der Waals surface area (Å²) >= 11 is 3.43. The monoisotopic (exact) mass is 338 g/mol. The van der Waals surface area contributed by atoms with Crippen LogP contribution in [0.15, 0.2) is 46.9 Å². The lowest BCUT2D eigenvalue weighted by atomic mass is 9.92. The Labute approximate surface area is 126 Å². The summed E-state index contributed by atoms with van der Waals surface area (Å²) in [5.74, 6) is 0.319. The number of rotatable bonds is 5. The molecule has 0 heterocycles. The van der Waals surface area contributed by atoms with Crippen LogP contribution in [0.4, 0.5) is 4.39 Å². The van der Waals surface area contributed by atoms with Gasteiger partial charge < -0.3 is 9.84 Å². The van der Waals surface area contributed by atoms with E-state index in [9.17, 15) is 9.50 Å². The molecule has 1 N–H and O–H groups in total. The van der Waals surface area contributed by atoms with Crippen LogP contribution in [-0.2, 0) is 6.42 Å². The highest BCUT2D eigenvalue weighted by Gasteiger charge is 2.15. The van der Waals surface area contributed by atoms with Crippen LogP contribution in [0, 0.1) is 5.82 Å². The van der Waals surface area contributed by atoms with Crippen molar-refractivity contribution in [3.05, 3.63) is 63.9 Å². The summed E-state index contributed by atoms with van der Waals surface area (Å²) in [6.07, 6.45) is 0.586. The van der Waals surface area contributed by atoms with Gasteiger partial charge in [-0.25, -0.2) is 4.39 Å². The molecule has 0 radical (unpaired) electrons. The summed E-state index contributed by atoms with van der Waals surface area (Å²) in [7, 11) is 1.61. The van der Waals surface area contributed by atoms with Crippen molar-refractivity contribution in [3.8, 4) is 5.75 Å². The summed E-state index contributed by atoms with van der Waals surface area (Å²) in [5.41, 5.74) is 1.76. The van der Waals surface area contributed by atoms with Crippen molar-refractivity contribution in [2.24, 2.45) is 0 Å². The molecule has 2 aromatic rings. The van der Waals surface area contributed by atoms with E-state index in [4.69, 9.17) is 4.74 Å². The Morgan fingerprint density at radius 3 is 2.70 bits per heavy atom. The maximum absolute atomic E-state index is 13.3. The lowest BCUT2D eigenvalue weighted by Crippen LogP contribution is -2.09. The molecule has 0 fully saturated rings. The maximum Gasteiger partial charge on any atom is 0.123 e. The summed E-state index contributed by atoms with van der Waals surface area (Å²) in [6.45, 7) is -0.0425. The van der Waals surface area contributed by atoms with Gasteiger partial charge in [-0.05, 0) is 47.9 Å². The molecule has 0 amide bonds. The quantitative estimate of drug-likeness (QED) is 0.895. The van der Waals surface area contributed by atoms with E-state index in [0.29, 0.717) is 6.42 Å². The first-order valence-corrected chi connectivity index (χ1v) is 7.12. The Hall–Kier alpha value is -1.39. The molecule has 106 valence electrons. The van der Waals surface area contributed by atoms with Crippen molar-refractivity contribution in [1.82, 2.24) is 0 Å². The zero-order valence-corrected chi connectivity index (χ0v) is 12.7. The molecular weight excluding hydrogens is 323 g/mol. The normalized spacial score (nSPS) is 12.2. The minimum Gasteiger partial charge on any atom is -0.496 e. The molecular formula is C16H16BrFO2. The second-order valence-electron chi connectivity index (χ2n) is 4.59. The van der Waals surface area contributed by atoms with Gasteiger partial charge in [-0.3, -0.25) is 0 Å². The third kappa shape index (κ3) is 3.58. The number of hydrogen-bond donors (Lipinski definition) is 1. The van der Waals surface area contributed by atoms with Gasteiger partial charge in [-0.1, -0.05) is 28.1 Å². The first kappa shape index (κ1) is 15.0. The average molecular weight is 339 g/mol. The molecule has 1 atom stereocenters. The zero-order chi connectivity index (χ0) is 14.5. The molecule has 0 spiro atoms. The van der Waals surface area contributed by atoms with E-state index >= 15 is 0 Å². The Balaban J connectivity index is 2.28. The summed E-state index contributed by atoms with van der Waals surface area (Å²) in [5, 5.41) is 9.59. The molecule has 0 saturated carbocycles. The van der Waals surface area contributed by atoms with E-state index in [1.165, 1.54) is 12.1 Å². The zero-order valence-electron chi connectivity index (χ0n) is 11.1. The molecule has 2 rings (SSSR count). The third-order valence-electron chi connectivity index (χ3n) is 3.25. The topological polar surface area (TPSA) is 29.5 Å². The molecule has 1 unspecified atom stereocenters. The number of halogens is 2. The highest BCUT2D eigenvalue weighted by molar-refractivity contribution is 9.10.